The van der Waals surface area contributed by atoms with Gasteiger partial charge in [0, 0.05) is 5.69 Å². The molecule has 0 saturated heterocycles. The summed E-state index contributed by atoms with van der Waals surface area (Å²) >= 11 is 0. The van der Waals surface area contributed by atoms with Crippen LogP contribution in [0.15, 0.2) is 10.9 Å². The van der Waals surface area contributed by atoms with Crippen molar-refractivity contribution in [3.05, 3.63) is 27.7 Å². The summed E-state index contributed by atoms with van der Waals surface area (Å²) in [5.41, 5.74) is 5.57. The summed E-state index contributed by atoms with van der Waals surface area (Å²) in [4.78, 5) is 25.0. The predicted molar refractivity (Wildman–Crippen MR) is 52.2 cm³/mol. The molecule has 0 amide bonds. The first-order chi connectivity index (χ1) is 6.56. The van der Waals surface area contributed by atoms with Gasteiger partial charge in [-0.2, -0.15) is 0 Å². The molecule has 0 spiro atoms. The highest BCUT2D eigenvalue weighted by molar-refractivity contribution is 5.94. The van der Waals surface area contributed by atoms with E-state index in [0.717, 1.165) is 0 Å². The van der Waals surface area contributed by atoms with Crippen LogP contribution >= 0.6 is 0 Å². The molecule has 1 aromatic rings. The summed E-state index contributed by atoms with van der Waals surface area (Å²) in [5.74, 6) is -0.570. The van der Waals surface area contributed by atoms with Crippen LogP contribution in [-0.2, 0) is 4.74 Å². The van der Waals surface area contributed by atoms with Gasteiger partial charge < -0.3 is 15.5 Å². The number of aromatic nitrogens is 1. The maximum Gasteiger partial charge on any atom is 0.340 e. The molecule has 76 valence electrons. The van der Waals surface area contributed by atoms with E-state index in [9.17, 15) is 9.59 Å². The molecule has 0 aliphatic rings. The first-order valence-corrected chi connectivity index (χ1v) is 4.22. The lowest BCUT2D eigenvalue weighted by Crippen LogP contribution is -2.19. The zero-order valence-electron chi connectivity index (χ0n) is 8.09. The number of pyridine rings is 1. The van der Waals surface area contributed by atoms with E-state index in [0.29, 0.717) is 5.69 Å². The molecule has 1 rings (SSSR count). The van der Waals surface area contributed by atoms with Crippen LogP contribution in [0.3, 0.4) is 0 Å². The molecular weight excluding hydrogens is 184 g/mol. The number of carbonyl (C=O) groups is 1. The van der Waals surface area contributed by atoms with Crippen molar-refractivity contribution < 1.29 is 9.53 Å². The molecule has 0 aliphatic heterocycles. The van der Waals surface area contributed by atoms with Crippen molar-refractivity contribution in [3.8, 4) is 0 Å². The number of H-pyrrole nitrogens is 1. The molecule has 5 nitrogen and oxygen atoms in total. The van der Waals surface area contributed by atoms with Crippen LogP contribution in [0.5, 0.6) is 0 Å². The van der Waals surface area contributed by atoms with Gasteiger partial charge in [-0.1, -0.05) is 0 Å². The molecule has 1 aromatic heterocycles. The van der Waals surface area contributed by atoms with Gasteiger partial charge in [-0.25, -0.2) is 4.79 Å². The average molecular weight is 196 g/mol. The Hall–Kier alpha value is -1.78. The second-order valence-corrected chi connectivity index (χ2v) is 2.83. The van der Waals surface area contributed by atoms with Crippen LogP contribution in [0, 0.1) is 6.92 Å². The summed E-state index contributed by atoms with van der Waals surface area (Å²) in [6.45, 7) is 3.61. The number of aromatic amines is 1. The normalized spacial score (nSPS) is 9.86. The SMILES string of the molecule is CCOC(=O)c1cc(C)[nH]c(=O)c1N. The lowest BCUT2D eigenvalue weighted by atomic mass is 10.2. The minimum atomic E-state index is -0.570. The molecule has 0 bridgehead atoms. The van der Waals surface area contributed by atoms with Crippen molar-refractivity contribution in [1.82, 2.24) is 4.98 Å². The van der Waals surface area contributed by atoms with Crippen LogP contribution in [0.4, 0.5) is 5.69 Å². The largest absolute Gasteiger partial charge is 0.462 e. The summed E-state index contributed by atoms with van der Waals surface area (Å²) in [7, 11) is 0. The zero-order valence-corrected chi connectivity index (χ0v) is 8.09. The molecule has 0 saturated carbocycles. The van der Waals surface area contributed by atoms with Gasteiger partial charge in [0.15, 0.2) is 0 Å². The zero-order chi connectivity index (χ0) is 10.7. The Morgan fingerprint density at radius 3 is 2.86 bits per heavy atom. The fourth-order valence-electron chi connectivity index (χ4n) is 1.08. The van der Waals surface area contributed by atoms with Crippen molar-refractivity contribution in [2.75, 3.05) is 12.3 Å². The fourth-order valence-corrected chi connectivity index (χ4v) is 1.08. The Morgan fingerprint density at radius 2 is 2.29 bits per heavy atom. The number of aryl methyl sites for hydroxylation is 1. The van der Waals surface area contributed by atoms with Crippen molar-refractivity contribution in [2.24, 2.45) is 0 Å². The Morgan fingerprint density at radius 1 is 1.64 bits per heavy atom. The van der Waals surface area contributed by atoms with E-state index in [4.69, 9.17) is 10.5 Å². The number of rotatable bonds is 2. The van der Waals surface area contributed by atoms with Gasteiger partial charge in [-0.3, -0.25) is 4.79 Å². The highest BCUT2D eigenvalue weighted by Crippen LogP contribution is 2.08. The number of nitrogens with two attached hydrogens (primary N) is 1. The van der Waals surface area contributed by atoms with E-state index in [1.807, 2.05) is 0 Å². The Kier molecular flexibility index (Phi) is 2.91. The first-order valence-electron chi connectivity index (χ1n) is 4.22. The number of esters is 1. The molecule has 0 aliphatic carbocycles. The van der Waals surface area contributed by atoms with Crippen molar-refractivity contribution in [2.45, 2.75) is 13.8 Å². The number of hydrogen-bond donors (Lipinski definition) is 2. The monoisotopic (exact) mass is 196 g/mol. The standard InChI is InChI=1S/C9H12N2O3/c1-3-14-9(13)6-4-5(2)11-8(12)7(6)10/h4H,3,10H2,1-2H3,(H,11,12). The maximum atomic E-state index is 11.3. The number of anilines is 1. The molecule has 0 fully saturated rings. The van der Waals surface area contributed by atoms with E-state index in [1.165, 1.54) is 6.07 Å². The Bertz CT molecular complexity index is 409. The van der Waals surface area contributed by atoms with Gasteiger partial charge in [-0.15, -0.1) is 0 Å². The van der Waals surface area contributed by atoms with Crippen molar-refractivity contribution >= 4 is 11.7 Å². The summed E-state index contributed by atoms with van der Waals surface area (Å²) in [6, 6.07) is 1.49. The minimum Gasteiger partial charge on any atom is -0.462 e. The van der Waals surface area contributed by atoms with Crippen LogP contribution in [0.25, 0.3) is 0 Å². The van der Waals surface area contributed by atoms with Gasteiger partial charge in [0.2, 0.25) is 0 Å². The molecular formula is C9H12N2O3. The van der Waals surface area contributed by atoms with Gasteiger partial charge in [0.05, 0.1) is 12.2 Å². The first kappa shape index (κ1) is 10.3. The van der Waals surface area contributed by atoms with Gasteiger partial charge in [0.1, 0.15) is 5.69 Å². The van der Waals surface area contributed by atoms with Crippen LogP contribution in [-0.4, -0.2) is 17.6 Å². The molecule has 0 atom stereocenters. The number of carbonyl (C=O) groups excluding carboxylic acids is 1. The molecule has 0 unspecified atom stereocenters. The second kappa shape index (κ2) is 3.95. The lowest BCUT2D eigenvalue weighted by Gasteiger charge is -2.04. The summed E-state index contributed by atoms with van der Waals surface area (Å²) in [5, 5.41) is 0. The highest BCUT2D eigenvalue weighted by Gasteiger charge is 2.13. The third-order valence-electron chi connectivity index (χ3n) is 1.70. The number of hydrogen-bond acceptors (Lipinski definition) is 4. The number of nitrogens with one attached hydrogen (secondary N) is 1. The van der Waals surface area contributed by atoms with E-state index in [2.05, 4.69) is 4.98 Å². The van der Waals surface area contributed by atoms with Gasteiger partial charge >= 0.3 is 5.97 Å². The quantitative estimate of drug-likeness (QED) is 0.672. The Labute approximate surface area is 80.9 Å². The van der Waals surface area contributed by atoms with Gasteiger partial charge in [0.25, 0.3) is 5.56 Å². The Balaban J connectivity index is 3.20. The number of nitrogen functional groups attached to an aromatic ring is 1. The molecule has 14 heavy (non-hydrogen) atoms. The second-order valence-electron chi connectivity index (χ2n) is 2.83. The van der Waals surface area contributed by atoms with Crippen LogP contribution < -0.4 is 11.3 Å². The molecule has 0 aromatic carbocycles. The maximum absolute atomic E-state index is 11.3. The van der Waals surface area contributed by atoms with E-state index in [1.54, 1.807) is 13.8 Å². The lowest BCUT2D eigenvalue weighted by molar-refractivity contribution is 0.0527. The fraction of sp³-hybridized carbons (Fsp3) is 0.333. The highest BCUT2D eigenvalue weighted by atomic mass is 16.5. The van der Waals surface area contributed by atoms with E-state index < -0.39 is 11.5 Å². The number of ether oxygens (including phenoxy) is 1. The molecule has 5 heteroatoms. The van der Waals surface area contributed by atoms with E-state index in [-0.39, 0.29) is 17.9 Å². The van der Waals surface area contributed by atoms with Crippen molar-refractivity contribution in [3.63, 3.8) is 0 Å². The van der Waals surface area contributed by atoms with E-state index >= 15 is 0 Å². The van der Waals surface area contributed by atoms with Crippen LogP contribution in [0.2, 0.25) is 0 Å². The minimum absolute atomic E-state index is 0.103. The molecule has 3 N–H and O–H groups in total. The third kappa shape index (κ3) is 1.93. The smallest absolute Gasteiger partial charge is 0.340 e. The van der Waals surface area contributed by atoms with Crippen LogP contribution in [0.1, 0.15) is 23.0 Å². The van der Waals surface area contributed by atoms with Gasteiger partial charge in [-0.05, 0) is 19.9 Å². The van der Waals surface area contributed by atoms with Crippen molar-refractivity contribution in [1.29, 1.82) is 0 Å². The summed E-state index contributed by atoms with van der Waals surface area (Å²) < 4.78 is 4.75. The molecule has 0 radical (unpaired) electrons. The predicted octanol–water partition coefficient (Wildman–Crippen LogP) is 0.442. The topological polar surface area (TPSA) is 85.2 Å². The average Bonchev–Trinajstić information content (AvgIpc) is 2.11. The summed E-state index contributed by atoms with van der Waals surface area (Å²) in [6.07, 6.45) is 0. The molecule has 1 heterocycles. The third-order valence-corrected chi connectivity index (χ3v) is 1.70.